The number of nitrogens with two attached hydrogens (primary N) is 1. The number of Topliss-reactive ketones (excluding diaryl/α,β-unsaturated/α-hetero) is 3. The Labute approximate surface area is 726 Å². The van der Waals surface area contributed by atoms with Crippen LogP contribution >= 0.6 is 0 Å². The molecule has 4 aliphatic rings. The minimum atomic E-state index is -5.08. The minimum Gasteiger partial charge on any atom is -0.476 e. The number of rotatable bonds is 29. The molecule has 4 atom stereocenters. The topological polar surface area (TPSA) is 473 Å². The van der Waals surface area contributed by atoms with Gasteiger partial charge in [0.05, 0.1) is 6.54 Å². The zero-order valence-electron chi connectivity index (χ0n) is 74.0. The van der Waals surface area contributed by atoms with Gasteiger partial charge in [0.2, 0.25) is 41.3 Å². The third-order valence-electron chi connectivity index (χ3n) is 22.4. The first-order valence-electron chi connectivity index (χ1n) is 41.9. The van der Waals surface area contributed by atoms with Crippen LogP contribution in [0.5, 0.6) is 0 Å². The van der Waals surface area contributed by atoms with E-state index in [0.29, 0.717) is 120 Å². The van der Waals surface area contributed by atoms with Crippen molar-refractivity contribution in [2.24, 2.45) is 41.2 Å². The summed E-state index contributed by atoms with van der Waals surface area (Å²) in [7, 11) is -3.86. The van der Waals surface area contributed by atoms with Crippen LogP contribution in [0, 0.1) is 35.5 Å². The molecule has 0 radical (unpaired) electrons. The van der Waals surface area contributed by atoms with E-state index in [2.05, 4.69) is 124 Å². The lowest BCUT2D eigenvalue weighted by Crippen LogP contribution is -2.48. The van der Waals surface area contributed by atoms with E-state index in [0.717, 1.165) is 74.5 Å². The number of benzene rings is 3. The maximum absolute atomic E-state index is 12.4. The van der Waals surface area contributed by atoms with E-state index in [-0.39, 0.29) is 75.4 Å². The highest BCUT2D eigenvalue weighted by molar-refractivity contribution is 6.74. The van der Waals surface area contributed by atoms with Gasteiger partial charge in [-0.05, 0) is 172 Å². The monoisotopic (exact) mass is 1780 g/mol. The Kier molecular flexibility index (Phi) is 35.2. The van der Waals surface area contributed by atoms with Crippen LogP contribution in [0.1, 0.15) is 246 Å². The summed E-state index contributed by atoms with van der Waals surface area (Å²) in [5.74, 6) is 2.90. The van der Waals surface area contributed by atoms with Gasteiger partial charge in [0.1, 0.15) is 41.4 Å². The number of aliphatic hydroxyl groups excluding tert-OH is 2. The lowest BCUT2D eigenvalue weighted by atomic mass is 9.71. The van der Waals surface area contributed by atoms with Gasteiger partial charge in [0, 0.05) is 85.5 Å². The van der Waals surface area contributed by atoms with Crippen molar-refractivity contribution in [3.63, 3.8) is 0 Å². The summed E-state index contributed by atoms with van der Waals surface area (Å²) in [6, 6.07) is 33.7. The number of aromatic carboxylic acids is 1. The molecular formula is C88H119F3N12O20Si2. The average Bonchev–Trinajstić information content (AvgIpc) is 1.80. The second-order valence-electron chi connectivity index (χ2n) is 36.4. The molecule has 4 aliphatic carbocycles. The van der Waals surface area contributed by atoms with E-state index in [1.807, 2.05) is 119 Å². The van der Waals surface area contributed by atoms with Gasteiger partial charge in [-0.1, -0.05) is 148 Å². The number of amides is 2. The fraction of sp³-hybridized carbons (Fsp3) is 0.545. The molecule has 9 aromatic rings. The number of ether oxygens (including phenoxy) is 1. The van der Waals surface area contributed by atoms with E-state index in [4.69, 9.17) is 61.2 Å². The van der Waals surface area contributed by atoms with E-state index in [1.54, 1.807) is 32.9 Å². The van der Waals surface area contributed by atoms with Gasteiger partial charge in [0.15, 0.2) is 57.0 Å². The van der Waals surface area contributed by atoms with Gasteiger partial charge in [0.25, 0.3) is 0 Å². The van der Waals surface area contributed by atoms with Crippen molar-refractivity contribution < 1.29 is 108 Å². The normalized spacial score (nSPS) is 19.5. The third kappa shape index (κ3) is 31.5. The molecule has 0 spiro atoms. The van der Waals surface area contributed by atoms with Gasteiger partial charge in [-0.25, -0.2) is 14.4 Å². The van der Waals surface area contributed by atoms with Crippen LogP contribution in [0.4, 0.5) is 18.0 Å². The number of hydrogen-bond acceptors (Lipinski definition) is 28. The number of carboxylic acid groups (broad SMARTS) is 2. The van der Waals surface area contributed by atoms with Crippen molar-refractivity contribution in [1.82, 2.24) is 56.7 Å². The van der Waals surface area contributed by atoms with E-state index in [1.165, 1.54) is 6.07 Å². The molecule has 0 bridgehead atoms. The maximum Gasteiger partial charge on any atom is 0.490 e. The summed E-state index contributed by atoms with van der Waals surface area (Å²) in [6.45, 7) is 34.1. The number of alkyl carbamates (subject to hydrolysis) is 1. The van der Waals surface area contributed by atoms with E-state index < -0.39 is 64.8 Å². The van der Waals surface area contributed by atoms with E-state index in [9.17, 15) is 52.2 Å². The molecule has 4 fully saturated rings. The smallest absolute Gasteiger partial charge is 0.476 e. The first-order chi connectivity index (χ1) is 58.5. The molecule has 6 aromatic heterocycles. The second kappa shape index (κ2) is 44.0. The summed E-state index contributed by atoms with van der Waals surface area (Å²) in [5.41, 5.74) is 8.60. The highest BCUT2D eigenvalue weighted by Crippen LogP contribution is 2.43. The number of halogens is 3. The standard InChI is InChI=1S/C21H40N2O5Si.2C20H21N3O4.C15H29N3O2Si.C10H7NO3.C2HF3O2/c1-14(28-29(8,9)21(5,6)7)18(25)22-13-17(24)12-15-10-16(11-15)23-19(26)27-20(2,3)4;2*1-12(24)20-22-21-19(26-20)10-14-7-13(8-14)9-17(25)16-11-18(27-23-16)15-5-3-2-4-6-15;1-10(20-21(5,6)15(2,3)4)14-18-17-13(19-14)9-11-7-12(16)8-11;12-10(13)8-6-9(14-11-8)7-4-2-1-3-5-7;3-2(4,5)1(6)7/h14-16H,10-13H2,1-9H3,(H,22,25)(H,23,26);2*2-6,11-14,24H,7-10H2,1H3;10-12H,7-9,16H2,1-6H3;1-6H,(H,12,13);(H,6,7)/t14-,15?,16?;2*12-,13?,14?;10-,11?,12?;;/m1111../s1. The number of carboxylic acids is 2. The molecule has 32 nitrogen and oxygen atoms in total. The molecule has 3 aromatic carbocycles. The lowest BCUT2D eigenvalue weighted by molar-refractivity contribution is -0.192. The van der Waals surface area contributed by atoms with Crippen LogP contribution in [0.25, 0.3) is 34.0 Å². The number of nitrogens with zero attached hydrogens (tertiary/aromatic N) is 9. The van der Waals surface area contributed by atoms with Crippen molar-refractivity contribution >= 4 is 57.9 Å². The molecule has 0 saturated heterocycles. The molecule has 2 amide bonds. The van der Waals surface area contributed by atoms with Crippen LogP contribution in [0.2, 0.25) is 36.3 Å². The Morgan fingerprint density at radius 3 is 1.19 bits per heavy atom. The van der Waals surface area contributed by atoms with Crippen LogP contribution in [0.15, 0.2) is 136 Å². The highest BCUT2D eigenvalue weighted by Gasteiger charge is 2.43. The zero-order valence-corrected chi connectivity index (χ0v) is 76.0. The molecule has 4 saturated carbocycles. The first kappa shape index (κ1) is 99.8. The Hall–Kier alpha value is -10.6. The van der Waals surface area contributed by atoms with Crippen LogP contribution in [-0.4, -0.2) is 161 Å². The van der Waals surface area contributed by atoms with Gasteiger partial charge in [-0.3, -0.25) is 19.2 Å². The van der Waals surface area contributed by atoms with Crippen LogP contribution in [0.3, 0.4) is 0 Å². The minimum absolute atomic E-state index is 0.00130. The predicted molar refractivity (Wildman–Crippen MR) is 456 cm³/mol. The number of alkyl halides is 3. The quantitative estimate of drug-likeness (QED) is 0.0169. The van der Waals surface area contributed by atoms with Gasteiger partial charge < -0.3 is 77.2 Å². The number of ketones is 3. The summed E-state index contributed by atoms with van der Waals surface area (Å²) < 4.78 is 81.4. The molecule has 125 heavy (non-hydrogen) atoms. The first-order valence-corrected chi connectivity index (χ1v) is 47.7. The Balaban J connectivity index is 0.000000192. The summed E-state index contributed by atoms with van der Waals surface area (Å²) in [5, 5.41) is 75.4. The lowest BCUT2D eigenvalue weighted by Gasteiger charge is -2.38. The summed E-state index contributed by atoms with van der Waals surface area (Å²) >= 11 is 0. The Morgan fingerprint density at radius 1 is 0.496 bits per heavy atom. The fourth-order valence-corrected chi connectivity index (χ4v) is 16.0. The molecule has 0 unspecified atom stereocenters. The molecule has 0 aliphatic heterocycles. The molecule has 37 heteroatoms. The van der Waals surface area contributed by atoms with Crippen molar-refractivity contribution in [2.45, 2.75) is 264 Å². The number of carbonyl (C=O) groups excluding carboxylic acids is 5. The number of aliphatic hydroxyl groups is 2. The van der Waals surface area contributed by atoms with Crippen molar-refractivity contribution in [2.75, 3.05) is 6.54 Å². The summed E-state index contributed by atoms with van der Waals surface area (Å²) in [4.78, 5) is 80.5. The van der Waals surface area contributed by atoms with Gasteiger partial charge in [-0.2, -0.15) is 13.2 Å². The number of nitrogens with one attached hydrogen (secondary N) is 2. The number of aromatic nitrogens is 9. The number of aliphatic carboxylic acids is 1. The average molecular weight is 1780 g/mol. The van der Waals surface area contributed by atoms with Crippen molar-refractivity contribution in [3.8, 4) is 34.0 Å². The predicted octanol–water partition coefficient (Wildman–Crippen LogP) is 17.1. The van der Waals surface area contributed by atoms with Gasteiger partial charge in [-0.15, -0.1) is 30.6 Å². The SMILES string of the molecule is C[C@@H](O)c1nnc(CC2CC(CC(=O)c3cc(-c4ccccc4)on3)C2)o1.C[C@@H](O)c1nnc(CC2CC(CC(=O)c3cc(-c4ccccc4)on3)C2)o1.C[C@@H](O[Si](C)(C)C(C)(C)C)C(=O)NCC(=O)CC1CC(NC(=O)OC(C)(C)C)C1.C[C@@H](O[Si](C)(C)C(C)(C)C)c1nnc(CC2CC(N)C2)o1.O=C(O)C(F)(F)F.O=C(O)c1cc(-c2ccccc2)on1. The van der Waals surface area contributed by atoms with Crippen molar-refractivity contribution in [3.05, 3.63) is 162 Å². The number of carbonyl (C=O) groups is 7. The Morgan fingerprint density at radius 2 is 0.848 bits per heavy atom. The molecule has 13 rings (SSSR count). The fourth-order valence-electron chi connectivity index (χ4n) is 13.4. The molecule has 8 N–H and O–H groups in total. The number of hydrogen-bond donors (Lipinski definition) is 7. The van der Waals surface area contributed by atoms with Crippen molar-refractivity contribution in [1.29, 1.82) is 0 Å². The van der Waals surface area contributed by atoms with Crippen LogP contribution in [-0.2, 0) is 47.2 Å². The largest absolute Gasteiger partial charge is 0.490 e. The van der Waals surface area contributed by atoms with Gasteiger partial charge >= 0.3 is 24.2 Å². The molecule has 6 heterocycles. The maximum atomic E-state index is 12.4. The molecule has 680 valence electrons. The Bertz CT molecular complexity index is 4780. The third-order valence-corrected chi connectivity index (χ3v) is 31.5. The zero-order chi connectivity index (χ0) is 92.1. The second-order valence-corrected chi connectivity index (χ2v) is 46.0. The summed E-state index contributed by atoms with van der Waals surface area (Å²) in [6.07, 6.45) is 3.27. The van der Waals surface area contributed by atoms with E-state index >= 15 is 0 Å². The van der Waals surface area contributed by atoms with Crippen LogP contribution < -0.4 is 16.4 Å². The molecular weight excluding hydrogens is 1660 g/mol. The highest BCUT2D eigenvalue weighted by atomic mass is 28.4.